The molecule has 2 heterocycles. The number of imidazole rings is 1. The van der Waals surface area contributed by atoms with Crippen LogP contribution in [0.15, 0.2) is 65.7 Å². The Morgan fingerprint density at radius 2 is 1.61 bits per heavy atom. The molecule has 33 heavy (non-hydrogen) atoms. The highest BCUT2D eigenvalue weighted by atomic mass is 32.2. The van der Waals surface area contributed by atoms with E-state index in [9.17, 15) is 21.6 Å². The van der Waals surface area contributed by atoms with Gasteiger partial charge >= 0.3 is 6.18 Å². The van der Waals surface area contributed by atoms with Gasteiger partial charge < -0.3 is 9.30 Å². The molecule has 4 rings (SSSR count). The Labute approximate surface area is 187 Å². The highest BCUT2D eigenvalue weighted by Gasteiger charge is 2.46. The maximum Gasteiger partial charge on any atom is 0.431 e. The van der Waals surface area contributed by atoms with Gasteiger partial charge in [-0.15, -0.1) is 0 Å². The van der Waals surface area contributed by atoms with Crippen LogP contribution in [0.1, 0.15) is 17.6 Å². The van der Waals surface area contributed by atoms with Gasteiger partial charge in [0.05, 0.1) is 27.8 Å². The number of alkyl halides is 3. The van der Waals surface area contributed by atoms with Crippen molar-refractivity contribution in [3.05, 3.63) is 72.3 Å². The van der Waals surface area contributed by atoms with E-state index in [1.54, 1.807) is 31.2 Å². The maximum atomic E-state index is 14.0. The summed E-state index contributed by atoms with van der Waals surface area (Å²) in [7, 11) is -2.75. The molecule has 0 aliphatic rings. The summed E-state index contributed by atoms with van der Waals surface area (Å²) in [6.45, 7) is 1.55. The Bertz CT molecular complexity index is 1410. The van der Waals surface area contributed by atoms with Gasteiger partial charge in [-0.2, -0.15) is 13.2 Å². The fraction of sp³-hybridized carbons (Fsp3) is 0.190. The number of ether oxygens (including phenoxy) is 1. The van der Waals surface area contributed by atoms with E-state index in [1.165, 1.54) is 41.9 Å². The lowest BCUT2D eigenvalue weighted by atomic mass is 10.2. The Morgan fingerprint density at radius 1 is 1.00 bits per heavy atom. The van der Waals surface area contributed by atoms with Crippen LogP contribution in [0.5, 0.6) is 5.88 Å². The van der Waals surface area contributed by atoms with E-state index < -0.39 is 34.0 Å². The number of nitrogens with zero attached hydrogens (tertiary/aromatic N) is 4. The lowest BCUT2D eigenvalue weighted by Crippen LogP contribution is -2.29. The summed E-state index contributed by atoms with van der Waals surface area (Å²) in [5.41, 5.74) is 0.236. The van der Waals surface area contributed by atoms with Crippen LogP contribution in [0.4, 0.5) is 19.0 Å². The number of hydrogen-bond acceptors (Lipinski definition) is 6. The van der Waals surface area contributed by atoms with Crippen molar-refractivity contribution in [2.45, 2.75) is 24.1 Å². The number of halogens is 3. The predicted octanol–water partition coefficient (Wildman–Crippen LogP) is 4.15. The third-order valence-electron chi connectivity index (χ3n) is 4.87. The molecule has 1 atom stereocenters. The van der Waals surface area contributed by atoms with Crippen molar-refractivity contribution in [1.29, 1.82) is 0 Å². The Balaban J connectivity index is 1.83. The molecule has 0 aliphatic carbocycles. The van der Waals surface area contributed by atoms with Gasteiger partial charge in [-0.3, -0.25) is 4.72 Å². The number of rotatable bonds is 6. The summed E-state index contributed by atoms with van der Waals surface area (Å²) in [6.07, 6.45) is -6.25. The quantitative estimate of drug-likeness (QED) is 0.448. The first-order chi connectivity index (χ1) is 15.6. The average molecular weight is 477 g/mol. The van der Waals surface area contributed by atoms with E-state index in [0.29, 0.717) is 5.82 Å². The maximum absolute atomic E-state index is 14.0. The van der Waals surface area contributed by atoms with Crippen molar-refractivity contribution in [1.82, 2.24) is 19.5 Å². The molecular formula is C21H18F3N5O3S. The topological polar surface area (TPSA) is 99.0 Å². The molecule has 0 fully saturated rings. The van der Waals surface area contributed by atoms with Crippen LogP contribution in [-0.4, -0.2) is 34.1 Å². The Morgan fingerprint density at radius 3 is 2.18 bits per heavy atom. The average Bonchev–Trinajstić information content (AvgIpc) is 3.09. The second-order valence-electron chi connectivity index (χ2n) is 7.11. The molecule has 0 radical (unpaired) electrons. The molecule has 0 saturated heterocycles. The first-order valence-corrected chi connectivity index (χ1v) is 11.1. The highest BCUT2D eigenvalue weighted by Crippen LogP contribution is 2.38. The van der Waals surface area contributed by atoms with Gasteiger partial charge in [-0.05, 0) is 31.2 Å². The number of benzene rings is 2. The number of aryl methyl sites for hydroxylation is 1. The van der Waals surface area contributed by atoms with E-state index in [2.05, 4.69) is 19.7 Å². The zero-order chi connectivity index (χ0) is 23.8. The molecule has 4 aromatic rings. The van der Waals surface area contributed by atoms with Crippen molar-refractivity contribution in [2.75, 3.05) is 4.72 Å². The minimum atomic E-state index is -4.84. The lowest BCUT2D eigenvalue weighted by Gasteiger charge is -2.23. The monoisotopic (exact) mass is 477 g/mol. The van der Waals surface area contributed by atoms with Crippen LogP contribution in [0.25, 0.3) is 11.0 Å². The minimum absolute atomic E-state index is 0.0967. The molecule has 0 amide bonds. The molecule has 2 aromatic heterocycles. The summed E-state index contributed by atoms with van der Waals surface area (Å²) in [5.74, 6) is -0.738. The first-order valence-electron chi connectivity index (χ1n) is 9.62. The Kier molecular flexibility index (Phi) is 5.70. The number of hydrogen-bond donors (Lipinski definition) is 1. The number of anilines is 1. The standard InChI is InChI=1S/C21H18F3N5O3S/c1-13-25-12-17(29(13)2)18(21(22,23)24)32-20-19(26-15-10-6-7-11-16(15)27-20)28-33(30,31)14-8-4-3-5-9-14/h3-12,18H,1-2H3,(H,26,28). The summed E-state index contributed by atoms with van der Waals surface area (Å²) >= 11 is 0. The molecule has 0 aliphatic heterocycles. The van der Waals surface area contributed by atoms with Gasteiger partial charge in [0.2, 0.25) is 11.9 Å². The van der Waals surface area contributed by atoms with E-state index in [0.717, 1.165) is 6.20 Å². The molecule has 0 saturated carbocycles. The zero-order valence-corrected chi connectivity index (χ0v) is 18.2. The third kappa shape index (κ3) is 4.60. The zero-order valence-electron chi connectivity index (χ0n) is 17.4. The summed E-state index contributed by atoms with van der Waals surface area (Å²) in [6, 6.07) is 13.7. The number of para-hydroxylation sites is 2. The molecule has 12 heteroatoms. The predicted molar refractivity (Wildman–Crippen MR) is 114 cm³/mol. The van der Waals surface area contributed by atoms with E-state index in [-0.39, 0.29) is 21.6 Å². The number of nitrogens with one attached hydrogen (secondary N) is 1. The first kappa shape index (κ1) is 22.5. The summed E-state index contributed by atoms with van der Waals surface area (Å²) in [5, 5.41) is 0. The third-order valence-corrected chi connectivity index (χ3v) is 6.23. The van der Waals surface area contributed by atoms with Crippen molar-refractivity contribution in [3.8, 4) is 5.88 Å². The Hall–Kier alpha value is -3.67. The van der Waals surface area contributed by atoms with E-state index in [4.69, 9.17) is 4.74 Å². The smallest absolute Gasteiger partial charge is 0.431 e. The fourth-order valence-electron chi connectivity index (χ4n) is 3.09. The van der Waals surface area contributed by atoms with Crippen LogP contribution in [0.3, 0.4) is 0 Å². The molecule has 0 bridgehead atoms. The van der Waals surface area contributed by atoms with Gasteiger partial charge in [0.15, 0.2) is 0 Å². The molecule has 172 valence electrons. The van der Waals surface area contributed by atoms with Crippen molar-refractivity contribution in [2.24, 2.45) is 7.05 Å². The van der Waals surface area contributed by atoms with Gasteiger partial charge in [0.25, 0.3) is 15.9 Å². The second kappa shape index (κ2) is 8.35. The van der Waals surface area contributed by atoms with Crippen LogP contribution < -0.4 is 9.46 Å². The van der Waals surface area contributed by atoms with Gasteiger partial charge in [0, 0.05) is 7.05 Å². The van der Waals surface area contributed by atoms with Crippen LogP contribution in [-0.2, 0) is 17.1 Å². The van der Waals surface area contributed by atoms with Crippen molar-refractivity contribution >= 4 is 26.9 Å². The fourth-order valence-corrected chi connectivity index (χ4v) is 4.11. The normalized spacial score (nSPS) is 13.1. The van der Waals surface area contributed by atoms with Gasteiger partial charge in [-0.1, -0.05) is 30.3 Å². The van der Waals surface area contributed by atoms with Crippen LogP contribution in [0, 0.1) is 6.92 Å². The van der Waals surface area contributed by atoms with Crippen molar-refractivity contribution < 1.29 is 26.3 Å². The largest absolute Gasteiger partial charge is 0.455 e. The number of aromatic nitrogens is 4. The number of sulfonamides is 1. The highest BCUT2D eigenvalue weighted by molar-refractivity contribution is 7.92. The van der Waals surface area contributed by atoms with E-state index >= 15 is 0 Å². The van der Waals surface area contributed by atoms with Crippen molar-refractivity contribution in [3.63, 3.8) is 0 Å². The van der Waals surface area contributed by atoms with Crippen LogP contribution in [0.2, 0.25) is 0 Å². The lowest BCUT2D eigenvalue weighted by molar-refractivity contribution is -0.200. The number of fused-ring (bicyclic) bond motifs is 1. The second-order valence-corrected chi connectivity index (χ2v) is 8.80. The van der Waals surface area contributed by atoms with Gasteiger partial charge in [0.1, 0.15) is 5.82 Å². The molecule has 1 N–H and O–H groups in total. The molecule has 1 unspecified atom stereocenters. The molecule has 2 aromatic carbocycles. The van der Waals surface area contributed by atoms with Gasteiger partial charge in [-0.25, -0.2) is 23.4 Å². The van der Waals surface area contributed by atoms with E-state index in [1.807, 2.05) is 0 Å². The SMILES string of the molecule is Cc1ncc(C(Oc2nc3ccccc3nc2NS(=O)(=O)c2ccccc2)C(F)(F)F)n1C. The summed E-state index contributed by atoms with van der Waals surface area (Å²) < 4.78 is 76.3. The van der Waals surface area contributed by atoms with Crippen LogP contribution >= 0.6 is 0 Å². The minimum Gasteiger partial charge on any atom is -0.455 e. The molecular weight excluding hydrogens is 459 g/mol. The summed E-state index contributed by atoms with van der Waals surface area (Å²) in [4.78, 5) is 12.1. The molecule has 8 nitrogen and oxygen atoms in total. The molecule has 0 spiro atoms.